The average Bonchev–Trinajstić information content (AvgIpc) is 2.37. The number of carbonyl (C=O) groups is 1. The topological polar surface area (TPSA) is 63.2 Å². The van der Waals surface area contributed by atoms with Gasteiger partial charge in [0.1, 0.15) is 15.7 Å². The fraction of sp³-hybridized carbons (Fsp3) is 0.533. The number of hydrogen-bond donors (Lipinski definition) is 1. The van der Waals surface area contributed by atoms with E-state index in [1.807, 2.05) is 0 Å². The molecule has 4 nitrogen and oxygen atoms in total. The van der Waals surface area contributed by atoms with Crippen LogP contribution in [0.2, 0.25) is 0 Å². The lowest BCUT2D eigenvalue weighted by Crippen LogP contribution is -2.42. The molecule has 1 aromatic carbocycles. The molecule has 1 fully saturated rings. The summed E-state index contributed by atoms with van der Waals surface area (Å²) in [7, 11) is -3.06. The molecule has 2 unspecified atom stereocenters. The molecule has 1 saturated carbocycles. The molecular weight excluding hydrogens is 293 g/mol. The quantitative estimate of drug-likeness (QED) is 0.922. The van der Waals surface area contributed by atoms with Crippen molar-refractivity contribution in [2.75, 3.05) is 6.26 Å². The molecule has 0 saturated heterocycles. The molecule has 0 heterocycles. The monoisotopic (exact) mass is 313 g/mol. The Morgan fingerprint density at radius 2 is 2.14 bits per heavy atom. The Balaban J connectivity index is 1.90. The molecule has 1 N–H and O–H groups in total. The van der Waals surface area contributed by atoms with Crippen LogP contribution in [0, 0.1) is 5.82 Å². The second-order valence-corrected chi connectivity index (χ2v) is 8.01. The SMILES string of the molecule is CS(=O)(=O)C1CCCC(NC(=O)Cc2cccc(F)c2)C1. The lowest BCUT2D eigenvalue weighted by Gasteiger charge is -2.28. The Kier molecular flexibility index (Phi) is 4.98. The van der Waals surface area contributed by atoms with Crippen LogP contribution in [-0.2, 0) is 21.1 Å². The van der Waals surface area contributed by atoms with Crippen molar-refractivity contribution < 1.29 is 17.6 Å². The van der Waals surface area contributed by atoms with Gasteiger partial charge in [-0.3, -0.25) is 4.79 Å². The van der Waals surface area contributed by atoms with Gasteiger partial charge in [-0.25, -0.2) is 12.8 Å². The van der Waals surface area contributed by atoms with Crippen molar-refractivity contribution >= 4 is 15.7 Å². The first kappa shape index (κ1) is 15.9. The van der Waals surface area contributed by atoms with Gasteiger partial charge in [-0.2, -0.15) is 0 Å². The third-order valence-corrected chi connectivity index (χ3v) is 5.49. The normalized spacial score (nSPS) is 22.8. The van der Waals surface area contributed by atoms with E-state index < -0.39 is 9.84 Å². The van der Waals surface area contributed by atoms with Crippen molar-refractivity contribution in [3.05, 3.63) is 35.6 Å². The molecule has 6 heteroatoms. The van der Waals surface area contributed by atoms with Gasteiger partial charge < -0.3 is 5.32 Å². The van der Waals surface area contributed by atoms with Gasteiger partial charge in [0.2, 0.25) is 5.91 Å². The number of benzene rings is 1. The highest BCUT2D eigenvalue weighted by molar-refractivity contribution is 7.91. The molecule has 2 rings (SSSR count). The Morgan fingerprint density at radius 1 is 1.38 bits per heavy atom. The van der Waals surface area contributed by atoms with Gasteiger partial charge in [0.15, 0.2) is 0 Å². The summed E-state index contributed by atoms with van der Waals surface area (Å²) in [6, 6.07) is 5.82. The highest BCUT2D eigenvalue weighted by atomic mass is 32.2. The van der Waals surface area contributed by atoms with Crippen molar-refractivity contribution in [2.45, 2.75) is 43.4 Å². The minimum Gasteiger partial charge on any atom is -0.353 e. The predicted molar refractivity (Wildman–Crippen MR) is 79.1 cm³/mol. The molecule has 116 valence electrons. The van der Waals surface area contributed by atoms with Crippen LogP contribution in [-0.4, -0.2) is 31.9 Å². The van der Waals surface area contributed by atoms with Gasteiger partial charge >= 0.3 is 0 Å². The second-order valence-electron chi connectivity index (χ2n) is 5.69. The van der Waals surface area contributed by atoms with E-state index in [1.54, 1.807) is 12.1 Å². The molecule has 0 radical (unpaired) electrons. The van der Waals surface area contributed by atoms with E-state index in [-0.39, 0.29) is 29.4 Å². The standard InChI is InChI=1S/C15H20FNO3S/c1-21(19,20)14-7-3-6-13(10-14)17-15(18)9-11-4-2-5-12(16)8-11/h2,4-5,8,13-14H,3,6-7,9-10H2,1H3,(H,17,18). The number of halogens is 1. The van der Waals surface area contributed by atoms with Crippen LogP contribution >= 0.6 is 0 Å². The zero-order valence-corrected chi connectivity index (χ0v) is 12.8. The minimum atomic E-state index is -3.06. The lowest BCUT2D eigenvalue weighted by atomic mass is 9.94. The average molecular weight is 313 g/mol. The first-order valence-corrected chi connectivity index (χ1v) is 9.03. The molecule has 1 amide bonds. The minimum absolute atomic E-state index is 0.109. The van der Waals surface area contributed by atoms with Crippen molar-refractivity contribution in [3.63, 3.8) is 0 Å². The van der Waals surface area contributed by atoms with Gasteiger partial charge in [0.25, 0.3) is 0 Å². The number of rotatable bonds is 4. The molecular formula is C15H20FNO3S. The molecule has 2 atom stereocenters. The molecule has 1 aliphatic rings. The van der Waals surface area contributed by atoms with Crippen LogP contribution < -0.4 is 5.32 Å². The van der Waals surface area contributed by atoms with E-state index >= 15 is 0 Å². The van der Waals surface area contributed by atoms with Crippen molar-refractivity contribution in [1.82, 2.24) is 5.32 Å². The summed E-state index contributed by atoms with van der Waals surface area (Å²) in [4.78, 5) is 12.0. The van der Waals surface area contributed by atoms with E-state index in [2.05, 4.69) is 5.32 Å². The van der Waals surface area contributed by atoms with E-state index in [0.717, 1.165) is 12.8 Å². The van der Waals surface area contributed by atoms with Crippen LogP contribution in [0.1, 0.15) is 31.2 Å². The first-order valence-electron chi connectivity index (χ1n) is 7.07. The van der Waals surface area contributed by atoms with Crippen LogP contribution in [0.5, 0.6) is 0 Å². The largest absolute Gasteiger partial charge is 0.353 e. The number of nitrogens with one attached hydrogen (secondary N) is 1. The lowest BCUT2D eigenvalue weighted by molar-refractivity contribution is -0.121. The molecule has 21 heavy (non-hydrogen) atoms. The number of sulfone groups is 1. The molecule has 0 bridgehead atoms. The summed E-state index contributed by atoms with van der Waals surface area (Å²) in [5, 5.41) is 2.49. The summed E-state index contributed by atoms with van der Waals surface area (Å²) in [6.07, 6.45) is 4.07. The fourth-order valence-corrected chi connectivity index (χ4v) is 3.95. The third kappa shape index (κ3) is 4.81. The summed E-state index contributed by atoms with van der Waals surface area (Å²) in [6.45, 7) is 0. The van der Waals surface area contributed by atoms with Gasteiger partial charge in [-0.05, 0) is 37.0 Å². The second kappa shape index (κ2) is 6.56. The Labute approximate surface area is 124 Å². The zero-order chi connectivity index (χ0) is 15.5. The van der Waals surface area contributed by atoms with E-state index in [1.165, 1.54) is 18.4 Å². The van der Waals surface area contributed by atoms with Gasteiger partial charge in [0.05, 0.1) is 11.7 Å². The Hall–Kier alpha value is -1.43. The maximum absolute atomic E-state index is 13.1. The maximum Gasteiger partial charge on any atom is 0.224 e. The molecule has 0 aromatic heterocycles. The molecule has 0 aliphatic heterocycles. The van der Waals surface area contributed by atoms with E-state index in [9.17, 15) is 17.6 Å². The first-order chi connectivity index (χ1) is 9.84. The maximum atomic E-state index is 13.1. The van der Waals surface area contributed by atoms with Crippen LogP contribution in [0.3, 0.4) is 0 Å². The fourth-order valence-electron chi connectivity index (χ4n) is 2.78. The van der Waals surface area contributed by atoms with Gasteiger partial charge in [0, 0.05) is 12.3 Å². The number of carbonyl (C=O) groups excluding carboxylic acids is 1. The zero-order valence-electron chi connectivity index (χ0n) is 12.0. The van der Waals surface area contributed by atoms with Crippen molar-refractivity contribution in [3.8, 4) is 0 Å². The van der Waals surface area contributed by atoms with Crippen molar-refractivity contribution in [2.24, 2.45) is 0 Å². The van der Waals surface area contributed by atoms with Crippen LogP contribution in [0.25, 0.3) is 0 Å². The predicted octanol–water partition coefficient (Wildman–Crippen LogP) is 1.84. The van der Waals surface area contributed by atoms with E-state index in [0.29, 0.717) is 18.4 Å². The van der Waals surface area contributed by atoms with Gasteiger partial charge in [-0.1, -0.05) is 18.6 Å². The number of hydrogen-bond acceptors (Lipinski definition) is 3. The highest BCUT2D eigenvalue weighted by Crippen LogP contribution is 2.23. The Morgan fingerprint density at radius 3 is 2.81 bits per heavy atom. The number of amides is 1. The summed E-state index contributed by atoms with van der Waals surface area (Å²) in [5.74, 6) is -0.560. The summed E-state index contributed by atoms with van der Waals surface area (Å²) < 4.78 is 36.2. The summed E-state index contributed by atoms with van der Waals surface area (Å²) >= 11 is 0. The smallest absolute Gasteiger partial charge is 0.224 e. The Bertz CT molecular complexity index is 615. The molecule has 0 spiro atoms. The highest BCUT2D eigenvalue weighted by Gasteiger charge is 2.29. The van der Waals surface area contributed by atoms with Crippen molar-refractivity contribution in [1.29, 1.82) is 0 Å². The molecule has 1 aromatic rings. The summed E-state index contributed by atoms with van der Waals surface area (Å²) in [5.41, 5.74) is 0.614. The van der Waals surface area contributed by atoms with Gasteiger partial charge in [-0.15, -0.1) is 0 Å². The van der Waals surface area contributed by atoms with Crippen LogP contribution in [0.15, 0.2) is 24.3 Å². The third-order valence-electron chi connectivity index (χ3n) is 3.85. The molecule has 1 aliphatic carbocycles. The van der Waals surface area contributed by atoms with Crippen LogP contribution in [0.4, 0.5) is 4.39 Å². The van der Waals surface area contributed by atoms with E-state index in [4.69, 9.17) is 0 Å².